The molecule has 1 N–H and O–H groups in total. The molecule has 1 aliphatic heterocycles. The number of carbonyl (C=O) groups excluding carboxylic acids is 3. The van der Waals surface area contributed by atoms with Crippen molar-refractivity contribution in [1.29, 1.82) is 0 Å². The highest BCUT2D eigenvalue weighted by atomic mass is 16.3. The molecule has 1 aliphatic rings. The number of imidazole rings is 1. The Hall–Kier alpha value is -3.48. The smallest absolute Gasteiger partial charge is 0.291 e. The number of carbonyl (C=O) groups is 3. The number of rotatable bonds is 7. The Balaban J connectivity index is 1.61. The monoisotopic (exact) mass is 392 g/mol. The average molecular weight is 392 g/mol. The minimum atomic E-state index is -1.10. The van der Waals surface area contributed by atoms with Crippen molar-refractivity contribution in [2.45, 2.75) is 25.9 Å². The fourth-order valence-corrected chi connectivity index (χ4v) is 3.79. The number of likely N-dealkylation sites (tertiary alicyclic amines) is 1. The van der Waals surface area contributed by atoms with E-state index in [1.54, 1.807) is 24.3 Å². The van der Waals surface area contributed by atoms with Crippen molar-refractivity contribution in [3.05, 3.63) is 78.3 Å². The highest BCUT2D eigenvalue weighted by molar-refractivity contribution is 6.44. The Morgan fingerprint density at radius 3 is 2.66 bits per heavy atom. The van der Waals surface area contributed by atoms with Gasteiger partial charge < -0.3 is 9.32 Å². The molecule has 3 heterocycles. The molecule has 3 aromatic rings. The number of hydrogen-bond acceptors (Lipinski definition) is 4. The van der Waals surface area contributed by atoms with Crippen molar-refractivity contribution < 1.29 is 23.4 Å². The zero-order valence-electron chi connectivity index (χ0n) is 16.1. The maximum absolute atomic E-state index is 13.2. The molecule has 2 unspecified atom stereocenters. The quantitative estimate of drug-likeness (QED) is 0.289. The minimum absolute atomic E-state index is 0.353. The summed E-state index contributed by atoms with van der Waals surface area (Å²) in [5, 5.41) is 0. The lowest BCUT2D eigenvalue weighted by Crippen LogP contribution is -2.36. The first-order chi connectivity index (χ1) is 14.1. The van der Waals surface area contributed by atoms with Gasteiger partial charge in [0.05, 0.1) is 12.8 Å². The van der Waals surface area contributed by atoms with Crippen molar-refractivity contribution in [2.75, 3.05) is 6.54 Å². The van der Waals surface area contributed by atoms with Crippen molar-refractivity contribution in [1.82, 2.24) is 9.88 Å². The molecule has 2 aromatic heterocycles. The van der Waals surface area contributed by atoms with E-state index in [0.717, 1.165) is 5.56 Å². The predicted molar refractivity (Wildman–Crippen MR) is 103 cm³/mol. The van der Waals surface area contributed by atoms with Crippen LogP contribution in [0.1, 0.15) is 34.1 Å². The SMILES string of the molecule is Cc1ccc(C(=O)C2C(=O)C(=O)N(CCC[n+]3cc[nH]c3)C2c2ccco2)cc1. The third-order valence-corrected chi connectivity index (χ3v) is 5.28. The highest BCUT2D eigenvalue weighted by Crippen LogP contribution is 2.38. The first-order valence-corrected chi connectivity index (χ1v) is 9.57. The Bertz CT molecular complexity index is 1010. The van der Waals surface area contributed by atoms with Crippen LogP contribution in [-0.2, 0) is 16.1 Å². The number of H-pyrrole nitrogens is 1. The zero-order chi connectivity index (χ0) is 20.4. The van der Waals surface area contributed by atoms with Gasteiger partial charge in [-0.3, -0.25) is 19.4 Å². The van der Waals surface area contributed by atoms with Gasteiger partial charge in [0.25, 0.3) is 5.91 Å². The molecule has 1 fully saturated rings. The number of aromatic amines is 1. The molecule has 7 nitrogen and oxygen atoms in total. The van der Waals surface area contributed by atoms with E-state index >= 15 is 0 Å². The molecule has 7 heteroatoms. The summed E-state index contributed by atoms with van der Waals surface area (Å²) >= 11 is 0. The summed E-state index contributed by atoms with van der Waals surface area (Å²) in [4.78, 5) is 43.2. The average Bonchev–Trinajstić information content (AvgIpc) is 3.46. The zero-order valence-corrected chi connectivity index (χ0v) is 16.1. The van der Waals surface area contributed by atoms with Gasteiger partial charge in [0.2, 0.25) is 12.1 Å². The van der Waals surface area contributed by atoms with E-state index in [1.165, 1.54) is 11.2 Å². The van der Waals surface area contributed by atoms with Crippen LogP contribution in [0.2, 0.25) is 0 Å². The Labute approximate surface area is 168 Å². The lowest BCUT2D eigenvalue weighted by atomic mass is 9.88. The van der Waals surface area contributed by atoms with Gasteiger partial charge in [-0.2, -0.15) is 0 Å². The summed E-state index contributed by atoms with van der Waals surface area (Å²) in [5.41, 5.74) is 1.44. The van der Waals surface area contributed by atoms with Crippen molar-refractivity contribution >= 4 is 17.5 Å². The number of ketones is 2. The van der Waals surface area contributed by atoms with Crippen LogP contribution in [0, 0.1) is 12.8 Å². The highest BCUT2D eigenvalue weighted by Gasteiger charge is 2.52. The number of aryl methyl sites for hydroxylation is 2. The number of benzene rings is 1. The largest absolute Gasteiger partial charge is 0.467 e. The fraction of sp³-hybridized carbons (Fsp3) is 0.273. The normalized spacial score (nSPS) is 19.1. The number of Topliss-reactive ketones (excluding diaryl/α,β-unsaturated/α-hetero) is 2. The first-order valence-electron chi connectivity index (χ1n) is 9.57. The molecule has 1 aromatic carbocycles. The first kappa shape index (κ1) is 18.9. The maximum atomic E-state index is 13.2. The van der Waals surface area contributed by atoms with Gasteiger partial charge in [-0.25, -0.2) is 4.57 Å². The number of nitrogens with one attached hydrogen (secondary N) is 1. The summed E-state index contributed by atoms with van der Waals surface area (Å²) in [6, 6.07) is 9.71. The molecule has 4 rings (SSSR count). The molecule has 0 spiro atoms. The fourth-order valence-electron chi connectivity index (χ4n) is 3.79. The van der Waals surface area contributed by atoms with Crippen LogP contribution in [0.25, 0.3) is 0 Å². The molecule has 2 atom stereocenters. The summed E-state index contributed by atoms with van der Waals surface area (Å²) < 4.78 is 7.48. The van der Waals surface area contributed by atoms with E-state index in [4.69, 9.17) is 4.42 Å². The van der Waals surface area contributed by atoms with Crippen LogP contribution < -0.4 is 4.57 Å². The molecule has 29 heavy (non-hydrogen) atoms. The van der Waals surface area contributed by atoms with Crippen LogP contribution in [0.5, 0.6) is 0 Å². The molecule has 148 valence electrons. The molecule has 0 radical (unpaired) electrons. The van der Waals surface area contributed by atoms with Gasteiger partial charge in [-0.15, -0.1) is 0 Å². The topological polar surface area (TPSA) is 87.3 Å². The molecular weight excluding hydrogens is 370 g/mol. The lowest BCUT2D eigenvalue weighted by Gasteiger charge is -2.24. The molecule has 1 amide bonds. The Kier molecular flexibility index (Phi) is 5.12. The molecule has 0 aliphatic carbocycles. The van der Waals surface area contributed by atoms with Crippen molar-refractivity contribution in [3.63, 3.8) is 0 Å². The molecular formula is C22H22N3O4+. The van der Waals surface area contributed by atoms with E-state index in [9.17, 15) is 14.4 Å². The summed E-state index contributed by atoms with van der Waals surface area (Å²) in [6.07, 6.45) is 7.66. The van der Waals surface area contributed by atoms with E-state index in [1.807, 2.05) is 42.3 Å². The van der Waals surface area contributed by atoms with Crippen molar-refractivity contribution in [2.24, 2.45) is 5.92 Å². The van der Waals surface area contributed by atoms with Gasteiger partial charge in [-0.1, -0.05) is 29.8 Å². The number of aromatic nitrogens is 2. The van der Waals surface area contributed by atoms with Gasteiger partial charge in [0, 0.05) is 18.5 Å². The molecule has 1 saturated heterocycles. The molecule has 0 bridgehead atoms. The molecule has 0 saturated carbocycles. The van der Waals surface area contributed by atoms with Gasteiger partial charge in [0.1, 0.15) is 30.1 Å². The second-order valence-corrected chi connectivity index (χ2v) is 7.23. The third-order valence-electron chi connectivity index (χ3n) is 5.28. The van der Waals surface area contributed by atoms with E-state index in [0.29, 0.717) is 30.8 Å². The van der Waals surface area contributed by atoms with E-state index in [2.05, 4.69) is 4.98 Å². The van der Waals surface area contributed by atoms with E-state index < -0.39 is 23.7 Å². The number of furan rings is 1. The van der Waals surface area contributed by atoms with Crippen LogP contribution in [0.3, 0.4) is 0 Å². The van der Waals surface area contributed by atoms with E-state index in [-0.39, 0.29) is 5.78 Å². The van der Waals surface area contributed by atoms with Crippen molar-refractivity contribution in [3.8, 4) is 0 Å². The maximum Gasteiger partial charge on any atom is 0.291 e. The van der Waals surface area contributed by atoms with Crippen LogP contribution >= 0.6 is 0 Å². The summed E-state index contributed by atoms with van der Waals surface area (Å²) in [5.74, 6) is -2.31. The summed E-state index contributed by atoms with van der Waals surface area (Å²) in [6.45, 7) is 2.96. The van der Waals surface area contributed by atoms with Crippen LogP contribution in [-0.4, -0.2) is 33.9 Å². The number of amides is 1. The second-order valence-electron chi connectivity index (χ2n) is 7.23. The van der Waals surface area contributed by atoms with Crippen LogP contribution in [0.4, 0.5) is 0 Å². The standard InChI is InChI=1S/C22H21N3O4/c1-15-5-7-16(8-6-15)20(26)18-19(17-4-2-13-29-17)25(22(28)21(18)27)11-3-10-24-12-9-23-14-24/h2,4-9,12-14,18-19H,3,10-11H2,1H3/p+1. The van der Waals surface area contributed by atoms with Gasteiger partial charge in [0.15, 0.2) is 5.78 Å². The minimum Gasteiger partial charge on any atom is -0.467 e. The predicted octanol–water partition coefficient (Wildman–Crippen LogP) is 2.25. The second kappa shape index (κ2) is 7.87. The Morgan fingerprint density at radius 1 is 1.21 bits per heavy atom. The number of nitrogens with zero attached hydrogens (tertiary/aromatic N) is 2. The summed E-state index contributed by atoms with van der Waals surface area (Å²) in [7, 11) is 0. The third kappa shape index (κ3) is 3.63. The van der Waals surface area contributed by atoms with Gasteiger partial charge in [-0.05, 0) is 19.1 Å². The lowest BCUT2D eigenvalue weighted by molar-refractivity contribution is -0.695. The van der Waals surface area contributed by atoms with Gasteiger partial charge >= 0.3 is 0 Å². The van der Waals surface area contributed by atoms with Crippen LogP contribution in [0.15, 0.2) is 65.8 Å². The Morgan fingerprint density at radius 2 is 2.00 bits per heavy atom. The number of hydrogen-bond donors (Lipinski definition) is 1.